The van der Waals surface area contributed by atoms with E-state index in [1.165, 1.54) is 24.3 Å². The van der Waals surface area contributed by atoms with Gasteiger partial charge in [0.15, 0.2) is 0 Å². The molecular weight excluding hydrogens is 349 g/mol. The van der Waals surface area contributed by atoms with Crippen LogP contribution in [0.25, 0.3) is 0 Å². The van der Waals surface area contributed by atoms with E-state index in [1.807, 2.05) is 0 Å². The first-order valence-corrected chi connectivity index (χ1v) is 8.14. The minimum Gasteiger partial charge on any atom is -0.349 e. The summed E-state index contributed by atoms with van der Waals surface area (Å²) in [5, 5.41) is 16.8. The molecule has 2 aliphatic rings. The summed E-state index contributed by atoms with van der Waals surface area (Å²) in [6, 6.07) is 5.29. The largest absolute Gasteiger partial charge is 0.442 e. The molecule has 4 rings (SSSR count). The Bertz CT molecular complexity index is 819. The van der Waals surface area contributed by atoms with Gasteiger partial charge in [0.2, 0.25) is 0 Å². The molecule has 0 atom stereocenters. The van der Waals surface area contributed by atoms with Crippen molar-refractivity contribution in [3.8, 4) is 0 Å². The topological polar surface area (TPSA) is 84.5 Å². The third-order valence-corrected chi connectivity index (χ3v) is 4.73. The third-order valence-electron chi connectivity index (χ3n) is 4.73. The number of carbonyl (C=O) groups is 1. The van der Waals surface area contributed by atoms with Crippen molar-refractivity contribution in [2.24, 2.45) is 16.1 Å². The van der Waals surface area contributed by atoms with Crippen LogP contribution in [0.4, 0.5) is 13.2 Å². The zero-order valence-corrected chi connectivity index (χ0v) is 13.5. The van der Waals surface area contributed by atoms with Crippen LogP contribution in [0.15, 0.2) is 46.9 Å². The molecule has 10 heteroatoms. The van der Waals surface area contributed by atoms with E-state index in [9.17, 15) is 18.0 Å². The van der Waals surface area contributed by atoms with Gasteiger partial charge in [-0.25, -0.2) is 0 Å². The van der Waals surface area contributed by atoms with Crippen molar-refractivity contribution in [2.45, 2.75) is 37.3 Å². The number of halogens is 3. The van der Waals surface area contributed by atoms with E-state index in [4.69, 9.17) is 0 Å². The first-order valence-electron chi connectivity index (χ1n) is 8.14. The normalized spacial score (nSPS) is 23.3. The summed E-state index contributed by atoms with van der Waals surface area (Å²) in [4.78, 5) is 12.2. The molecule has 1 aliphatic heterocycles. The van der Waals surface area contributed by atoms with Crippen molar-refractivity contribution >= 4 is 5.91 Å². The fourth-order valence-corrected chi connectivity index (χ4v) is 3.16. The van der Waals surface area contributed by atoms with Crippen molar-refractivity contribution in [2.75, 3.05) is 0 Å². The molecule has 0 radical (unpaired) electrons. The predicted octanol–water partition coefficient (Wildman–Crippen LogP) is 2.67. The number of hydrogen-bond acceptors (Lipinski definition) is 5. The summed E-state index contributed by atoms with van der Waals surface area (Å²) in [6.07, 6.45) is 0.505. The third kappa shape index (κ3) is 2.95. The lowest BCUT2D eigenvalue weighted by Gasteiger charge is -2.35. The molecule has 0 saturated heterocycles. The molecule has 0 spiro atoms. The average molecular weight is 364 g/mol. The van der Waals surface area contributed by atoms with Crippen molar-refractivity contribution in [3.63, 3.8) is 0 Å². The monoisotopic (exact) mass is 364 g/mol. The molecule has 2 heterocycles. The highest BCUT2D eigenvalue weighted by Gasteiger charge is 2.65. The van der Waals surface area contributed by atoms with Gasteiger partial charge in [0.1, 0.15) is 0 Å². The molecule has 136 valence electrons. The first-order chi connectivity index (χ1) is 12.4. The highest BCUT2D eigenvalue weighted by molar-refractivity contribution is 5.94. The lowest BCUT2D eigenvalue weighted by atomic mass is 9.80. The summed E-state index contributed by atoms with van der Waals surface area (Å²) in [6.45, 7) is 0.758. The van der Waals surface area contributed by atoms with Gasteiger partial charge in [-0.15, -0.1) is 15.3 Å². The zero-order chi connectivity index (χ0) is 18.4. The molecule has 0 bridgehead atoms. The van der Waals surface area contributed by atoms with Gasteiger partial charge in [0.25, 0.3) is 5.91 Å². The number of aromatic nitrogens is 3. The molecule has 1 N–H and O–H groups in total. The molecule has 1 saturated carbocycles. The molecule has 1 fully saturated rings. The maximum atomic E-state index is 13.0. The van der Waals surface area contributed by atoms with E-state index in [2.05, 4.69) is 25.9 Å². The van der Waals surface area contributed by atoms with E-state index in [0.29, 0.717) is 11.5 Å². The second-order valence-electron chi connectivity index (χ2n) is 6.58. The fraction of sp³-hybridized carbons (Fsp3) is 0.438. The van der Waals surface area contributed by atoms with Crippen molar-refractivity contribution in [1.29, 1.82) is 0 Å². The number of alkyl halides is 3. The van der Waals surface area contributed by atoms with Gasteiger partial charge in [-0.3, -0.25) is 9.48 Å². The lowest BCUT2D eigenvalue weighted by Crippen LogP contribution is -2.45. The SMILES string of the molecule is O=C(NC1CC(Cn2ccnn2)C1)c1ccc(C2(C(F)(F)F)N=N2)cc1. The molecule has 1 aromatic heterocycles. The number of nitrogens with zero attached hydrogens (tertiary/aromatic N) is 5. The summed E-state index contributed by atoms with van der Waals surface area (Å²) < 4.78 is 40.6. The summed E-state index contributed by atoms with van der Waals surface area (Å²) in [5.41, 5.74) is -2.23. The standard InChI is InChI=1S/C16H15F3N6O/c17-16(18,19)15(22-23-15)12-3-1-11(2-4-12)14(26)21-13-7-10(8-13)9-25-6-5-20-24-25/h1-6,10,13H,7-9H2,(H,21,26). The molecule has 1 aromatic carbocycles. The predicted molar refractivity (Wildman–Crippen MR) is 83.0 cm³/mol. The maximum Gasteiger partial charge on any atom is 0.442 e. The minimum absolute atomic E-state index is 0.0608. The van der Waals surface area contributed by atoms with Crippen molar-refractivity contribution in [1.82, 2.24) is 20.3 Å². The van der Waals surface area contributed by atoms with Crippen LogP contribution < -0.4 is 5.32 Å². The highest BCUT2D eigenvalue weighted by Crippen LogP contribution is 2.52. The van der Waals surface area contributed by atoms with Gasteiger partial charge in [0.05, 0.1) is 6.20 Å². The van der Waals surface area contributed by atoms with Gasteiger partial charge in [-0.2, -0.15) is 13.2 Å². The molecule has 26 heavy (non-hydrogen) atoms. The second kappa shape index (κ2) is 5.89. The van der Waals surface area contributed by atoms with Crippen LogP contribution in [0.1, 0.15) is 28.8 Å². The quantitative estimate of drug-likeness (QED) is 0.885. The zero-order valence-electron chi connectivity index (χ0n) is 13.5. The number of amides is 1. The van der Waals surface area contributed by atoms with Gasteiger partial charge in [-0.1, -0.05) is 17.3 Å². The molecule has 0 unspecified atom stereocenters. The van der Waals surface area contributed by atoms with Crippen molar-refractivity contribution in [3.05, 3.63) is 47.8 Å². The van der Waals surface area contributed by atoms with Crippen LogP contribution in [0.5, 0.6) is 0 Å². The van der Waals surface area contributed by atoms with Crippen molar-refractivity contribution < 1.29 is 18.0 Å². The van der Waals surface area contributed by atoms with Gasteiger partial charge in [0, 0.05) is 29.9 Å². The van der Waals surface area contributed by atoms with E-state index in [-0.39, 0.29) is 17.5 Å². The lowest BCUT2D eigenvalue weighted by molar-refractivity contribution is -0.166. The van der Waals surface area contributed by atoms with Gasteiger partial charge in [-0.05, 0) is 30.9 Å². The van der Waals surface area contributed by atoms with E-state index in [0.717, 1.165) is 19.4 Å². The average Bonchev–Trinajstić information content (AvgIpc) is 3.24. The Hall–Kier alpha value is -2.78. The molecule has 1 amide bonds. The van der Waals surface area contributed by atoms with Gasteiger partial charge < -0.3 is 5.32 Å². The Labute approximate surface area is 146 Å². The number of carbonyl (C=O) groups excluding carboxylic acids is 1. The van der Waals surface area contributed by atoms with E-state index in [1.54, 1.807) is 17.1 Å². The van der Waals surface area contributed by atoms with Crippen LogP contribution in [0.3, 0.4) is 0 Å². The van der Waals surface area contributed by atoms with Crippen LogP contribution in [-0.4, -0.2) is 33.1 Å². The maximum absolute atomic E-state index is 13.0. The first kappa shape index (κ1) is 16.7. The number of rotatable bonds is 5. The smallest absolute Gasteiger partial charge is 0.349 e. The molecule has 7 nitrogen and oxygen atoms in total. The van der Waals surface area contributed by atoms with Crippen LogP contribution in [0, 0.1) is 5.92 Å². The summed E-state index contributed by atoms with van der Waals surface area (Å²) in [5.74, 6) is 0.126. The van der Waals surface area contributed by atoms with Crippen LogP contribution in [0.2, 0.25) is 0 Å². The van der Waals surface area contributed by atoms with E-state index >= 15 is 0 Å². The highest BCUT2D eigenvalue weighted by atomic mass is 19.4. The number of benzene rings is 1. The molecule has 2 aromatic rings. The Morgan fingerprint density at radius 3 is 2.46 bits per heavy atom. The summed E-state index contributed by atoms with van der Waals surface area (Å²) >= 11 is 0. The Morgan fingerprint density at radius 2 is 1.92 bits per heavy atom. The second-order valence-corrected chi connectivity index (χ2v) is 6.58. The Balaban J connectivity index is 1.31. The van der Waals surface area contributed by atoms with Crippen LogP contribution in [-0.2, 0) is 12.2 Å². The van der Waals surface area contributed by atoms with E-state index < -0.39 is 11.8 Å². The Kier molecular flexibility index (Phi) is 3.78. The minimum atomic E-state index is -4.57. The fourth-order valence-electron chi connectivity index (χ4n) is 3.16. The van der Waals surface area contributed by atoms with Crippen LogP contribution >= 0.6 is 0 Å². The summed E-state index contributed by atoms with van der Waals surface area (Å²) in [7, 11) is 0. The Morgan fingerprint density at radius 1 is 1.23 bits per heavy atom. The molecular formula is C16H15F3N6O. The number of nitrogens with one attached hydrogen (secondary N) is 1. The molecule has 1 aliphatic carbocycles. The number of hydrogen-bond donors (Lipinski definition) is 1. The van der Waals surface area contributed by atoms with Gasteiger partial charge >= 0.3 is 11.8 Å².